The Balaban J connectivity index is 1.78. The Hall–Kier alpha value is -0.770. The molecule has 22 heavy (non-hydrogen) atoms. The van der Waals surface area contributed by atoms with E-state index in [1.165, 1.54) is 57.8 Å². The lowest BCUT2D eigenvalue weighted by atomic mass is 9.64. The molecule has 1 nitrogen and oxygen atoms in total. The minimum absolute atomic E-state index is 0.134. The summed E-state index contributed by atoms with van der Waals surface area (Å²) in [5, 5.41) is 9.58. The Labute approximate surface area is 138 Å². The van der Waals surface area contributed by atoms with Crippen molar-refractivity contribution >= 4 is 0 Å². The molecule has 0 spiro atoms. The monoisotopic (exact) mass is 301 g/mol. The maximum absolute atomic E-state index is 9.58. The minimum Gasteiger partial charge on any atom is -0.197 e. The van der Waals surface area contributed by atoms with Gasteiger partial charge in [-0.05, 0) is 62.7 Å². The lowest BCUT2D eigenvalue weighted by molar-refractivity contribution is 0.136. The summed E-state index contributed by atoms with van der Waals surface area (Å²) in [4.78, 5) is 0. The SMILES string of the molecule is CC/C=C\C1(C#N)CCC(C2CCC(CCCC)CC2)CC1. The molecule has 0 aromatic heterocycles. The maximum atomic E-state index is 9.58. The average Bonchev–Trinajstić information content (AvgIpc) is 2.59. The van der Waals surface area contributed by atoms with Crippen LogP contribution in [0.3, 0.4) is 0 Å². The molecule has 0 aromatic carbocycles. The van der Waals surface area contributed by atoms with Crippen molar-refractivity contribution in [1.82, 2.24) is 0 Å². The molecule has 2 fully saturated rings. The molecule has 1 heteroatoms. The zero-order chi connectivity index (χ0) is 15.8. The molecule has 0 amide bonds. The van der Waals surface area contributed by atoms with Gasteiger partial charge in [-0.25, -0.2) is 0 Å². The molecule has 0 N–H and O–H groups in total. The van der Waals surface area contributed by atoms with Crippen LogP contribution in [-0.2, 0) is 0 Å². The fraction of sp³-hybridized carbons (Fsp3) is 0.857. The molecule has 0 unspecified atom stereocenters. The molecular formula is C21H35N. The van der Waals surface area contributed by atoms with Crippen molar-refractivity contribution in [3.05, 3.63) is 12.2 Å². The zero-order valence-corrected chi connectivity index (χ0v) is 14.8. The fourth-order valence-corrected chi connectivity index (χ4v) is 4.73. The standard InChI is InChI=1S/C21H35N/c1-3-5-7-18-8-10-19(11-9-18)20-12-15-21(17-22,16-13-20)14-6-4-2/h6,14,18-20H,3-5,7-13,15-16H2,1-2H3/b14-6-. The van der Waals surface area contributed by atoms with Gasteiger partial charge in [0.1, 0.15) is 0 Å². The van der Waals surface area contributed by atoms with E-state index in [1.54, 1.807) is 0 Å². The summed E-state index contributed by atoms with van der Waals surface area (Å²) in [5.41, 5.74) is -0.134. The number of nitrogens with zero attached hydrogens (tertiary/aromatic N) is 1. The van der Waals surface area contributed by atoms with E-state index in [0.29, 0.717) is 0 Å². The molecule has 124 valence electrons. The van der Waals surface area contributed by atoms with Crippen molar-refractivity contribution in [2.24, 2.45) is 23.2 Å². The molecule has 2 saturated carbocycles. The van der Waals surface area contributed by atoms with Gasteiger partial charge in [-0.2, -0.15) is 5.26 Å². The van der Waals surface area contributed by atoms with E-state index in [0.717, 1.165) is 37.0 Å². The van der Waals surface area contributed by atoms with Gasteiger partial charge in [-0.3, -0.25) is 0 Å². The summed E-state index contributed by atoms with van der Waals surface area (Å²) in [6.07, 6.45) is 20.3. The van der Waals surface area contributed by atoms with Gasteiger partial charge in [0.15, 0.2) is 0 Å². The van der Waals surface area contributed by atoms with Crippen LogP contribution in [0, 0.1) is 34.5 Å². The second-order valence-electron chi connectivity index (χ2n) is 7.84. The smallest absolute Gasteiger partial charge is 0.0753 e. The third-order valence-corrected chi connectivity index (χ3v) is 6.34. The van der Waals surface area contributed by atoms with E-state index in [9.17, 15) is 5.26 Å². The van der Waals surface area contributed by atoms with Crippen molar-refractivity contribution in [3.8, 4) is 6.07 Å². The molecule has 0 saturated heterocycles. The predicted molar refractivity (Wildman–Crippen MR) is 94.4 cm³/mol. The molecule has 0 radical (unpaired) electrons. The number of hydrogen-bond acceptors (Lipinski definition) is 1. The first-order chi connectivity index (χ1) is 10.7. The highest BCUT2D eigenvalue weighted by molar-refractivity contribution is 5.14. The first kappa shape index (κ1) is 17.6. The second-order valence-corrected chi connectivity index (χ2v) is 7.84. The van der Waals surface area contributed by atoms with E-state index in [4.69, 9.17) is 0 Å². The molecule has 0 heterocycles. The van der Waals surface area contributed by atoms with Crippen LogP contribution >= 0.6 is 0 Å². The van der Waals surface area contributed by atoms with Gasteiger partial charge in [0.25, 0.3) is 0 Å². The van der Waals surface area contributed by atoms with Crippen molar-refractivity contribution < 1.29 is 0 Å². The average molecular weight is 302 g/mol. The van der Waals surface area contributed by atoms with Crippen molar-refractivity contribution in [2.45, 2.75) is 90.9 Å². The van der Waals surface area contributed by atoms with E-state index in [2.05, 4.69) is 32.1 Å². The lowest BCUT2D eigenvalue weighted by Gasteiger charge is -2.39. The summed E-state index contributed by atoms with van der Waals surface area (Å²) in [6.45, 7) is 4.46. The highest BCUT2D eigenvalue weighted by atomic mass is 14.4. The predicted octanol–water partition coefficient (Wildman–Crippen LogP) is 6.65. The van der Waals surface area contributed by atoms with E-state index in [-0.39, 0.29) is 5.41 Å². The molecule has 2 rings (SSSR count). The number of hydrogen-bond donors (Lipinski definition) is 0. The number of nitriles is 1. The highest BCUT2D eigenvalue weighted by Crippen LogP contribution is 2.46. The van der Waals surface area contributed by atoms with Gasteiger partial charge in [0.05, 0.1) is 11.5 Å². The van der Waals surface area contributed by atoms with Gasteiger partial charge in [0, 0.05) is 0 Å². The number of allylic oxidation sites excluding steroid dienone is 2. The second kappa shape index (κ2) is 8.76. The molecule has 0 aliphatic heterocycles. The molecule has 0 atom stereocenters. The van der Waals surface area contributed by atoms with Crippen LogP contribution in [-0.4, -0.2) is 0 Å². The van der Waals surface area contributed by atoms with E-state index < -0.39 is 0 Å². The van der Waals surface area contributed by atoms with E-state index >= 15 is 0 Å². The van der Waals surface area contributed by atoms with Gasteiger partial charge in [-0.15, -0.1) is 0 Å². The van der Waals surface area contributed by atoms with Gasteiger partial charge in [-0.1, -0.05) is 58.1 Å². The minimum atomic E-state index is -0.134. The summed E-state index contributed by atoms with van der Waals surface area (Å²) < 4.78 is 0. The number of rotatable bonds is 6. The normalized spacial score (nSPS) is 36.3. The molecule has 2 aliphatic carbocycles. The summed E-state index contributed by atoms with van der Waals surface area (Å²) >= 11 is 0. The Bertz CT molecular complexity index is 373. The Kier molecular flexibility index (Phi) is 7.00. The van der Waals surface area contributed by atoms with Crippen LogP contribution in [0.15, 0.2) is 12.2 Å². The first-order valence-corrected chi connectivity index (χ1v) is 9.82. The molecule has 2 aliphatic rings. The van der Waals surface area contributed by atoms with E-state index in [1.807, 2.05) is 0 Å². The largest absolute Gasteiger partial charge is 0.197 e. The molecular weight excluding hydrogens is 266 g/mol. The van der Waals surface area contributed by atoms with Crippen molar-refractivity contribution in [2.75, 3.05) is 0 Å². The van der Waals surface area contributed by atoms with Crippen LogP contribution in [0.25, 0.3) is 0 Å². The Morgan fingerprint density at radius 2 is 1.64 bits per heavy atom. The Morgan fingerprint density at radius 3 is 2.18 bits per heavy atom. The van der Waals surface area contributed by atoms with Crippen molar-refractivity contribution in [3.63, 3.8) is 0 Å². The van der Waals surface area contributed by atoms with Gasteiger partial charge >= 0.3 is 0 Å². The summed E-state index contributed by atoms with van der Waals surface area (Å²) in [7, 11) is 0. The van der Waals surface area contributed by atoms with Crippen LogP contribution in [0.1, 0.15) is 90.9 Å². The van der Waals surface area contributed by atoms with Gasteiger partial charge < -0.3 is 0 Å². The lowest BCUT2D eigenvalue weighted by Crippen LogP contribution is -2.30. The third kappa shape index (κ3) is 4.61. The summed E-state index contributed by atoms with van der Waals surface area (Å²) in [6, 6.07) is 2.62. The van der Waals surface area contributed by atoms with Crippen LogP contribution < -0.4 is 0 Å². The van der Waals surface area contributed by atoms with Crippen LogP contribution in [0.2, 0.25) is 0 Å². The molecule has 0 bridgehead atoms. The van der Waals surface area contributed by atoms with Crippen LogP contribution in [0.5, 0.6) is 0 Å². The zero-order valence-electron chi connectivity index (χ0n) is 14.8. The summed E-state index contributed by atoms with van der Waals surface area (Å²) in [5.74, 6) is 2.89. The Morgan fingerprint density at radius 1 is 1.00 bits per heavy atom. The van der Waals surface area contributed by atoms with Crippen LogP contribution in [0.4, 0.5) is 0 Å². The molecule has 0 aromatic rings. The van der Waals surface area contributed by atoms with Gasteiger partial charge in [0.2, 0.25) is 0 Å². The quantitative estimate of drug-likeness (QED) is 0.504. The maximum Gasteiger partial charge on any atom is 0.0753 e. The van der Waals surface area contributed by atoms with Crippen molar-refractivity contribution in [1.29, 1.82) is 5.26 Å². The third-order valence-electron chi connectivity index (χ3n) is 6.34. The first-order valence-electron chi connectivity index (χ1n) is 9.82. The highest BCUT2D eigenvalue weighted by Gasteiger charge is 2.36. The number of unbranched alkanes of at least 4 members (excludes halogenated alkanes) is 1. The fourth-order valence-electron chi connectivity index (χ4n) is 4.73. The topological polar surface area (TPSA) is 23.8 Å².